The predicted molar refractivity (Wildman–Crippen MR) is 81.3 cm³/mol. The van der Waals surface area contributed by atoms with Crippen LogP contribution in [0.3, 0.4) is 0 Å². The molecular weight excluding hydrogens is 290 g/mol. The van der Waals surface area contributed by atoms with E-state index in [2.05, 4.69) is 15.8 Å². The standard InChI is InChI=1S/C15H16ClN3O2/c1-15(2,16)14(21)17-9-5-3-8(4-6-9)12-10-7-11(10)13(20)19-18-12/h3-6,10-11H,7H2,1-2H3,(H,17,21)(H,19,20). The van der Waals surface area contributed by atoms with Gasteiger partial charge in [-0.2, -0.15) is 5.10 Å². The van der Waals surface area contributed by atoms with Crippen LogP contribution >= 0.6 is 11.6 Å². The van der Waals surface area contributed by atoms with E-state index < -0.39 is 4.87 Å². The van der Waals surface area contributed by atoms with E-state index in [1.54, 1.807) is 13.8 Å². The van der Waals surface area contributed by atoms with Crippen LogP contribution in [0.1, 0.15) is 25.8 Å². The number of hydrogen-bond donors (Lipinski definition) is 2. The summed E-state index contributed by atoms with van der Waals surface area (Å²) in [6.07, 6.45) is 0.865. The molecule has 1 heterocycles. The SMILES string of the molecule is CC(C)(Cl)C(=O)Nc1ccc(C2=NNC(=O)C3CC23)cc1. The van der Waals surface area contributed by atoms with Crippen LogP contribution in [0.4, 0.5) is 5.69 Å². The van der Waals surface area contributed by atoms with Crippen LogP contribution in [0.5, 0.6) is 0 Å². The number of anilines is 1. The molecule has 110 valence electrons. The highest BCUT2D eigenvalue weighted by Crippen LogP contribution is 2.43. The lowest BCUT2D eigenvalue weighted by Crippen LogP contribution is -2.31. The third-order valence-corrected chi connectivity index (χ3v) is 3.92. The van der Waals surface area contributed by atoms with E-state index >= 15 is 0 Å². The Morgan fingerprint density at radius 1 is 1.33 bits per heavy atom. The quantitative estimate of drug-likeness (QED) is 0.840. The molecule has 1 aliphatic heterocycles. The second-order valence-corrected chi connectivity index (χ2v) is 6.87. The first-order valence-corrected chi connectivity index (χ1v) is 7.22. The van der Waals surface area contributed by atoms with Gasteiger partial charge in [0.2, 0.25) is 11.8 Å². The number of hydrogen-bond acceptors (Lipinski definition) is 3. The average molecular weight is 306 g/mol. The highest BCUT2D eigenvalue weighted by atomic mass is 35.5. The first kappa shape index (κ1) is 14.1. The Morgan fingerprint density at radius 3 is 2.62 bits per heavy atom. The Kier molecular flexibility index (Phi) is 3.24. The van der Waals surface area contributed by atoms with Crippen LogP contribution in [0, 0.1) is 11.8 Å². The summed E-state index contributed by atoms with van der Waals surface area (Å²) < 4.78 is 0. The maximum absolute atomic E-state index is 11.8. The van der Waals surface area contributed by atoms with Gasteiger partial charge in [0, 0.05) is 17.5 Å². The Morgan fingerprint density at radius 2 is 2.00 bits per heavy atom. The van der Waals surface area contributed by atoms with Crippen molar-refractivity contribution in [2.45, 2.75) is 25.1 Å². The molecular formula is C15H16ClN3O2. The van der Waals surface area contributed by atoms with E-state index in [-0.39, 0.29) is 23.7 Å². The van der Waals surface area contributed by atoms with E-state index in [0.29, 0.717) is 5.69 Å². The van der Waals surface area contributed by atoms with Gasteiger partial charge in [-0.05, 0) is 38.0 Å². The zero-order valence-electron chi connectivity index (χ0n) is 11.8. The summed E-state index contributed by atoms with van der Waals surface area (Å²) in [7, 11) is 0. The minimum atomic E-state index is -0.947. The summed E-state index contributed by atoms with van der Waals surface area (Å²) >= 11 is 5.95. The summed E-state index contributed by atoms with van der Waals surface area (Å²) in [5.41, 5.74) is 5.11. The summed E-state index contributed by atoms with van der Waals surface area (Å²) in [5, 5.41) is 6.90. The molecule has 0 radical (unpaired) electrons. The third kappa shape index (κ3) is 2.78. The van der Waals surface area contributed by atoms with E-state index in [1.807, 2.05) is 24.3 Å². The van der Waals surface area contributed by atoms with Gasteiger partial charge in [0.25, 0.3) is 0 Å². The molecule has 1 aromatic rings. The summed E-state index contributed by atoms with van der Waals surface area (Å²) in [6.45, 7) is 3.29. The molecule has 2 amide bonds. The maximum Gasteiger partial charge on any atom is 0.244 e. The molecule has 0 bridgehead atoms. The molecule has 6 heteroatoms. The van der Waals surface area contributed by atoms with Gasteiger partial charge in [0.05, 0.1) is 5.71 Å². The van der Waals surface area contributed by atoms with E-state index in [4.69, 9.17) is 11.6 Å². The fourth-order valence-corrected chi connectivity index (χ4v) is 2.40. The lowest BCUT2D eigenvalue weighted by Gasteiger charge is -2.16. The van der Waals surface area contributed by atoms with Crippen molar-refractivity contribution in [3.63, 3.8) is 0 Å². The van der Waals surface area contributed by atoms with Crippen LogP contribution in [0.15, 0.2) is 29.4 Å². The van der Waals surface area contributed by atoms with Crippen molar-refractivity contribution >= 4 is 34.8 Å². The number of carbonyl (C=O) groups excluding carboxylic acids is 2. The minimum Gasteiger partial charge on any atom is -0.325 e. The van der Waals surface area contributed by atoms with Crippen molar-refractivity contribution in [1.29, 1.82) is 0 Å². The zero-order valence-corrected chi connectivity index (χ0v) is 12.6. The molecule has 2 N–H and O–H groups in total. The molecule has 2 unspecified atom stereocenters. The molecule has 5 nitrogen and oxygen atoms in total. The van der Waals surface area contributed by atoms with Gasteiger partial charge in [0.15, 0.2) is 0 Å². The third-order valence-electron chi connectivity index (χ3n) is 3.74. The molecule has 0 saturated heterocycles. The second-order valence-electron chi connectivity index (χ2n) is 5.93. The first-order valence-electron chi connectivity index (χ1n) is 6.84. The number of fused-ring (bicyclic) bond motifs is 1. The van der Waals surface area contributed by atoms with Crippen molar-refractivity contribution in [1.82, 2.24) is 5.43 Å². The fraction of sp³-hybridized carbons (Fsp3) is 0.400. The lowest BCUT2D eigenvalue weighted by atomic mass is 10.0. The highest BCUT2D eigenvalue weighted by molar-refractivity contribution is 6.36. The largest absolute Gasteiger partial charge is 0.325 e. The van der Waals surface area contributed by atoms with E-state index in [1.165, 1.54) is 0 Å². The van der Waals surface area contributed by atoms with Crippen molar-refractivity contribution in [3.05, 3.63) is 29.8 Å². The molecule has 0 aromatic heterocycles. The topological polar surface area (TPSA) is 70.6 Å². The maximum atomic E-state index is 11.8. The number of halogens is 1. The van der Waals surface area contributed by atoms with Gasteiger partial charge in [0.1, 0.15) is 4.87 Å². The van der Waals surface area contributed by atoms with Gasteiger partial charge in [-0.15, -0.1) is 11.6 Å². The molecule has 1 aromatic carbocycles. The Labute approximate surface area is 127 Å². The molecule has 1 aliphatic carbocycles. The summed E-state index contributed by atoms with van der Waals surface area (Å²) in [5.74, 6) is 0.0771. The zero-order chi connectivity index (χ0) is 15.2. The lowest BCUT2D eigenvalue weighted by molar-refractivity contribution is -0.122. The van der Waals surface area contributed by atoms with Crippen molar-refractivity contribution in [2.75, 3.05) is 5.32 Å². The number of amides is 2. The Balaban J connectivity index is 1.73. The Bertz CT molecular complexity index is 631. The van der Waals surface area contributed by atoms with Crippen LogP contribution in [0.2, 0.25) is 0 Å². The molecule has 2 aliphatic rings. The van der Waals surface area contributed by atoms with E-state index in [9.17, 15) is 9.59 Å². The van der Waals surface area contributed by atoms with Gasteiger partial charge in [-0.25, -0.2) is 5.43 Å². The van der Waals surface area contributed by atoms with Gasteiger partial charge in [-0.3, -0.25) is 9.59 Å². The number of carbonyl (C=O) groups is 2. The minimum absolute atomic E-state index is 0.0111. The number of hydrazone groups is 1. The summed E-state index contributed by atoms with van der Waals surface area (Å²) in [6, 6.07) is 7.41. The van der Waals surface area contributed by atoms with Gasteiger partial charge in [-0.1, -0.05) is 12.1 Å². The molecule has 21 heavy (non-hydrogen) atoms. The first-order chi connectivity index (χ1) is 9.86. The van der Waals surface area contributed by atoms with Crippen LogP contribution in [0.25, 0.3) is 0 Å². The predicted octanol–water partition coefficient (Wildman–Crippen LogP) is 2.11. The highest BCUT2D eigenvalue weighted by Gasteiger charge is 2.49. The summed E-state index contributed by atoms with van der Waals surface area (Å²) in [4.78, 5) is 22.3. The number of nitrogens with zero attached hydrogens (tertiary/aromatic N) is 1. The van der Waals surface area contributed by atoms with Gasteiger partial charge < -0.3 is 5.32 Å². The van der Waals surface area contributed by atoms with Gasteiger partial charge >= 0.3 is 0 Å². The monoisotopic (exact) mass is 305 g/mol. The number of alkyl halides is 1. The van der Waals surface area contributed by atoms with Crippen molar-refractivity contribution in [3.8, 4) is 0 Å². The second kappa shape index (κ2) is 4.84. The fourth-order valence-electron chi connectivity index (χ4n) is 2.35. The van der Waals surface area contributed by atoms with Crippen LogP contribution in [-0.2, 0) is 9.59 Å². The Hall–Kier alpha value is -1.88. The normalized spacial score (nSPS) is 23.8. The van der Waals surface area contributed by atoms with Crippen LogP contribution < -0.4 is 10.7 Å². The number of nitrogens with one attached hydrogen (secondary N) is 2. The van der Waals surface area contributed by atoms with Crippen LogP contribution in [-0.4, -0.2) is 22.4 Å². The van der Waals surface area contributed by atoms with Crippen molar-refractivity contribution in [2.24, 2.45) is 16.9 Å². The number of rotatable bonds is 3. The molecule has 2 atom stereocenters. The molecule has 1 saturated carbocycles. The smallest absolute Gasteiger partial charge is 0.244 e. The average Bonchev–Trinajstić information content (AvgIpc) is 3.20. The van der Waals surface area contributed by atoms with E-state index in [0.717, 1.165) is 17.7 Å². The number of benzene rings is 1. The molecule has 0 spiro atoms. The van der Waals surface area contributed by atoms with Crippen molar-refractivity contribution < 1.29 is 9.59 Å². The molecule has 3 rings (SSSR count). The molecule has 1 fully saturated rings.